The highest BCUT2D eigenvalue weighted by Crippen LogP contribution is 2.18. The largest absolute Gasteiger partial charge is 0.478 e. The summed E-state index contributed by atoms with van der Waals surface area (Å²) in [5.41, 5.74) is 12.4. The lowest BCUT2D eigenvalue weighted by atomic mass is 10.0. The SMILES string of the molecule is Nc1nc(N)c(CCCCc2cscc2C(=O)O)c(=O)[nH]1. The molecule has 0 aliphatic rings. The van der Waals surface area contributed by atoms with Crippen LogP contribution in [-0.2, 0) is 12.8 Å². The molecule has 2 aromatic heterocycles. The van der Waals surface area contributed by atoms with E-state index in [4.69, 9.17) is 16.6 Å². The standard InChI is InChI=1S/C13H16N4O3S/c14-10-8(11(18)17-13(15)16-10)4-2-1-3-7-5-21-6-9(7)12(19)20/h5-6H,1-4H2,(H,19,20)(H5,14,15,16,17,18). The first kappa shape index (κ1) is 15.0. The Hall–Kier alpha value is -2.35. The van der Waals surface area contributed by atoms with Gasteiger partial charge in [-0.2, -0.15) is 16.3 Å². The van der Waals surface area contributed by atoms with E-state index in [-0.39, 0.29) is 17.3 Å². The number of aromatic nitrogens is 2. The molecule has 2 rings (SSSR count). The second kappa shape index (κ2) is 6.40. The van der Waals surface area contributed by atoms with Gasteiger partial charge < -0.3 is 16.6 Å². The third-order valence-electron chi connectivity index (χ3n) is 3.16. The average molecular weight is 308 g/mol. The summed E-state index contributed by atoms with van der Waals surface area (Å²) in [5.74, 6) is -0.752. The van der Waals surface area contributed by atoms with Crippen LogP contribution in [0, 0.1) is 0 Å². The summed E-state index contributed by atoms with van der Waals surface area (Å²) in [6.07, 6.45) is 2.63. The van der Waals surface area contributed by atoms with Gasteiger partial charge in [0.25, 0.3) is 5.56 Å². The molecule has 6 N–H and O–H groups in total. The molecule has 0 spiro atoms. The van der Waals surface area contributed by atoms with E-state index in [0.29, 0.717) is 30.4 Å². The number of nitrogens with zero attached hydrogens (tertiary/aromatic N) is 1. The summed E-state index contributed by atoms with van der Waals surface area (Å²) < 4.78 is 0. The van der Waals surface area contributed by atoms with Gasteiger partial charge in [0, 0.05) is 5.38 Å². The summed E-state index contributed by atoms with van der Waals surface area (Å²) in [6.45, 7) is 0. The predicted molar refractivity (Wildman–Crippen MR) is 81.6 cm³/mol. The van der Waals surface area contributed by atoms with Crippen LogP contribution in [0.3, 0.4) is 0 Å². The number of aryl methyl sites for hydroxylation is 1. The molecular weight excluding hydrogens is 292 g/mol. The van der Waals surface area contributed by atoms with Gasteiger partial charge in [0.2, 0.25) is 5.95 Å². The highest BCUT2D eigenvalue weighted by atomic mass is 32.1. The monoisotopic (exact) mass is 308 g/mol. The van der Waals surface area contributed by atoms with Crippen LogP contribution < -0.4 is 17.0 Å². The van der Waals surface area contributed by atoms with Gasteiger partial charge in [0.15, 0.2) is 0 Å². The minimum atomic E-state index is -0.908. The van der Waals surface area contributed by atoms with Gasteiger partial charge in [0.1, 0.15) is 5.82 Å². The van der Waals surface area contributed by atoms with Gasteiger partial charge in [-0.15, -0.1) is 0 Å². The maximum Gasteiger partial charge on any atom is 0.336 e. The van der Waals surface area contributed by atoms with E-state index < -0.39 is 5.97 Å². The highest BCUT2D eigenvalue weighted by Gasteiger charge is 2.11. The van der Waals surface area contributed by atoms with Gasteiger partial charge in [-0.05, 0) is 36.6 Å². The Morgan fingerprint density at radius 2 is 2.00 bits per heavy atom. The minimum absolute atomic E-state index is 0.00521. The van der Waals surface area contributed by atoms with Gasteiger partial charge in [-0.25, -0.2) is 4.79 Å². The Kier molecular flexibility index (Phi) is 4.59. The zero-order chi connectivity index (χ0) is 15.4. The van der Waals surface area contributed by atoms with Crippen molar-refractivity contribution in [1.29, 1.82) is 0 Å². The summed E-state index contributed by atoms with van der Waals surface area (Å²) in [7, 11) is 0. The molecule has 0 saturated carbocycles. The van der Waals surface area contributed by atoms with Gasteiger partial charge >= 0.3 is 5.97 Å². The van der Waals surface area contributed by atoms with Crippen molar-refractivity contribution < 1.29 is 9.90 Å². The normalized spacial score (nSPS) is 10.7. The van der Waals surface area contributed by atoms with Crippen molar-refractivity contribution >= 4 is 29.1 Å². The Morgan fingerprint density at radius 3 is 2.67 bits per heavy atom. The molecule has 0 unspecified atom stereocenters. The van der Waals surface area contributed by atoms with E-state index in [9.17, 15) is 9.59 Å². The van der Waals surface area contributed by atoms with E-state index in [1.54, 1.807) is 5.38 Å². The number of carboxylic acid groups (broad SMARTS) is 1. The van der Waals surface area contributed by atoms with Crippen LogP contribution in [0.5, 0.6) is 0 Å². The number of hydrogen-bond donors (Lipinski definition) is 4. The first-order valence-corrected chi connectivity index (χ1v) is 7.36. The van der Waals surface area contributed by atoms with Crippen LogP contribution in [-0.4, -0.2) is 21.0 Å². The van der Waals surface area contributed by atoms with Crippen LogP contribution in [0.2, 0.25) is 0 Å². The second-order valence-electron chi connectivity index (χ2n) is 4.64. The number of hydrogen-bond acceptors (Lipinski definition) is 6. The number of aromatic amines is 1. The quantitative estimate of drug-likeness (QED) is 0.593. The first-order chi connectivity index (χ1) is 9.99. The second-order valence-corrected chi connectivity index (χ2v) is 5.38. The smallest absolute Gasteiger partial charge is 0.336 e. The van der Waals surface area contributed by atoms with E-state index in [1.165, 1.54) is 11.3 Å². The van der Waals surface area contributed by atoms with Crippen molar-refractivity contribution in [2.75, 3.05) is 11.5 Å². The molecular formula is C13H16N4O3S. The summed E-state index contributed by atoms with van der Waals surface area (Å²) in [6, 6.07) is 0. The van der Waals surface area contributed by atoms with Crippen molar-refractivity contribution in [1.82, 2.24) is 9.97 Å². The molecule has 2 aromatic rings. The molecule has 0 amide bonds. The third-order valence-corrected chi connectivity index (χ3v) is 3.95. The molecule has 8 heteroatoms. The molecule has 0 radical (unpaired) electrons. The number of carboxylic acids is 1. The van der Waals surface area contributed by atoms with E-state index in [2.05, 4.69) is 9.97 Å². The highest BCUT2D eigenvalue weighted by molar-refractivity contribution is 7.08. The van der Waals surface area contributed by atoms with Crippen molar-refractivity contribution in [3.8, 4) is 0 Å². The number of rotatable bonds is 6. The van der Waals surface area contributed by atoms with Crippen LogP contribution >= 0.6 is 11.3 Å². The lowest BCUT2D eigenvalue weighted by Crippen LogP contribution is -2.19. The number of aromatic carboxylic acids is 1. The van der Waals surface area contributed by atoms with Gasteiger partial charge in [-0.1, -0.05) is 0 Å². The molecule has 112 valence electrons. The Labute approximate surface area is 124 Å². The Balaban J connectivity index is 1.92. The summed E-state index contributed by atoms with van der Waals surface area (Å²) in [5, 5.41) is 12.5. The number of H-pyrrole nitrogens is 1. The summed E-state index contributed by atoms with van der Waals surface area (Å²) >= 11 is 1.38. The van der Waals surface area contributed by atoms with Crippen molar-refractivity contribution in [2.45, 2.75) is 25.7 Å². The number of nitrogens with two attached hydrogens (primary N) is 2. The molecule has 2 heterocycles. The molecule has 0 bridgehead atoms. The molecule has 21 heavy (non-hydrogen) atoms. The van der Waals surface area contributed by atoms with Crippen LogP contribution in [0.4, 0.5) is 11.8 Å². The first-order valence-electron chi connectivity index (χ1n) is 6.41. The number of unbranched alkanes of at least 4 members (excludes halogenated alkanes) is 1. The van der Waals surface area contributed by atoms with Crippen molar-refractivity contribution in [3.63, 3.8) is 0 Å². The van der Waals surface area contributed by atoms with Crippen LogP contribution in [0.1, 0.15) is 34.3 Å². The zero-order valence-electron chi connectivity index (χ0n) is 11.3. The van der Waals surface area contributed by atoms with Crippen LogP contribution in [0.25, 0.3) is 0 Å². The molecule has 0 aliphatic heterocycles. The lowest BCUT2D eigenvalue weighted by Gasteiger charge is -2.05. The maximum absolute atomic E-state index is 11.7. The molecule has 0 atom stereocenters. The van der Waals surface area contributed by atoms with E-state index in [0.717, 1.165) is 12.0 Å². The van der Waals surface area contributed by atoms with Gasteiger partial charge in [0.05, 0.1) is 11.1 Å². The average Bonchev–Trinajstić information content (AvgIpc) is 2.85. The van der Waals surface area contributed by atoms with Crippen molar-refractivity contribution in [2.24, 2.45) is 0 Å². The molecule has 0 aliphatic carbocycles. The van der Waals surface area contributed by atoms with E-state index in [1.807, 2.05) is 5.38 Å². The Morgan fingerprint density at radius 1 is 1.29 bits per heavy atom. The maximum atomic E-state index is 11.7. The van der Waals surface area contributed by atoms with Gasteiger partial charge in [-0.3, -0.25) is 9.78 Å². The number of nitrogen functional groups attached to an aromatic ring is 2. The Bertz CT molecular complexity index is 708. The fourth-order valence-corrected chi connectivity index (χ4v) is 2.96. The number of anilines is 2. The zero-order valence-corrected chi connectivity index (χ0v) is 12.1. The molecule has 0 saturated heterocycles. The number of thiophene rings is 1. The fourth-order valence-electron chi connectivity index (χ4n) is 2.10. The number of nitrogens with one attached hydrogen (secondary N) is 1. The molecule has 7 nitrogen and oxygen atoms in total. The lowest BCUT2D eigenvalue weighted by molar-refractivity contribution is 0.0696. The van der Waals surface area contributed by atoms with Crippen LogP contribution in [0.15, 0.2) is 15.6 Å². The fraction of sp³-hybridized carbons (Fsp3) is 0.308. The molecule has 0 aromatic carbocycles. The van der Waals surface area contributed by atoms with Crippen molar-refractivity contribution in [3.05, 3.63) is 37.8 Å². The minimum Gasteiger partial charge on any atom is -0.478 e. The number of carbonyl (C=O) groups is 1. The third kappa shape index (κ3) is 3.60. The molecule has 0 fully saturated rings. The predicted octanol–water partition coefficient (Wildman–Crippen LogP) is 1.26. The topological polar surface area (TPSA) is 135 Å². The summed E-state index contributed by atoms with van der Waals surface area (Å²) in [4.78, 5) is 28.9. The van der Waals surface area contributed by atoms with E-state index >= 15 is 0 Å².